The summed E-state index contributed by atoms with van der Waals surface area (Å²) in [5.41, 5.74) is 0.706. The number of hydrogen-bond donors (Lipinski definition) is 2. The van der Waals surface area contributed by atoms with Crippen molar-refractivity contribution in [1.29, 1.82) is 0 Å². The van der Waals surface area contributed by atoms with Crippen LogP contribution in [-0.2, 0) is 11.8 Å². The Kier molecular flexibility index (Phi) is 5.26. The molecule has 1 amide bonds. The average Bonchev–Trinajstić information content (AvgIpc) is 3.20. The first kappa shape index (κ1) is 23.7. The number of ether oxygens (including phenoxy) is 1. The van der Waals surface area contributed by atoms with E-state index in [1.165, 1.54) is 0 Å². The lowest BCUT2D eigenvalue weighted by atomic mass is 10.0. The molecule has 2 aliphatic carbocycles. The molecule has 3 atom stereocenters. The number of carbonyl (C=O) groups excluding carboxylic acids is 1. The van der Waals surface area contributed by atoms with Crippen molar-refractivity contribution < 1.29 is 9.53 Å². The molecule has 11 heteroatoms. The fourth-order valence-corrected chi connectivity index (χ4v) is 5.49. The number of rotatable bonds is 5. The Morgan fingerprint density at radius 1 is 1.22 bits per heavy atom. The summed E-state index contributed by atoms with van der Waals surface area (Å²) in [6, 6.07) is 2.24. The molecule has 1 aliphatic heterocycles. The molecule has 6 rings (SSSR count). The molecule has 11 nitrogen and oxygen atoms in total. The van der Waals surface area contributed by atoms with Gasteiger partial charge < -0.3 is 24.8 Å². The van der Waals surface area contributed by atoms with Crippen molar-refractivity contribution >= 4 is 34.4 Å². The summed E-state index contributed by atoms with van der Waals surface area (Å²) in [5, 5.41) is 11.8. The van der Waals surface area contributed by atoms with Crippen LogP contribution >= 0.6 is 0 Å². The Morgan fingerprint density at radius 3 is 2.68 bits per heavy atom. The van der Waals surface area contributed by atoms with Crippen LogP contribution in [0.5, 0.6) is 0 Å². The highest BCUT2D eigenvalue weighted by Gasteiger charge is 2.48. The number of pyridine rings is 1. The van der Waals surface area contributed by atoms with Gasteiger partial charge in [-0.15, -0.1) is 0 Å². The highest BCUT2D eigenvalue weighted by molar-refractivity contribution is 5.90. The highest BCUT2D eigenvalue weighted by Crippen LogP contribution is 2.45. The number of nitrogens with one attached hydrogen (secondary N) is 2. The molecular formula is C26H34N8O3. The second-order valence-electron chi connectivity index (χ2n) is 12.0. The van der Waals surface area contributed by atoms with Gasteiger partial charge in [-0.25, -0.2) is 9.78 Å². The van der Waals surface area contributed by atoms with Crippen LogP contribution in [0.2, 0.25) is 0 Å². The number of nitrogens with zero attached hydrogens (tertiary/aromatic N) is 6. The maximum Gasteiger partial charge on any atom is 0.410 e. The normalized spacial score (nSPS) is 23.9. The number of anilines is 3. The van der Waals surface area contributed by atoms with Crippen LogP contribution in [0.1, 0.15) is 59.4 Å². The van der Waals surface area contributed by atoms with E-state index in [1.807, 2.05) is 42.6 Å². The first-order valence-corrected chi connectivity index (χ1v) is 12.9. The van der Waals surface area contributed by atoms with Crippen LogP contribution in [0, 0.1) is 5.92 Å². The number of likely N-dealkylation sites (tertiary alicyclic amines) is 1. The second kappa shape index (κ2) is 8.19. The summed E-state index contributed by atoms with van der Waals surface area (Å²) in [6.45, 7) is 8.49. The standard InChI is InChI=1S/C26H34N8O3/c1-25(2,3)37-24(36)33-13-15-10-17(33)11-19(15)34-14-16(12-27-34)28-23-29-18-6-9-32(5)22(35)20(18)21(30-23)31-26(4)7-8-26/h6,9,12,14-15,17,19H,7-8,10-11,13H2,1-5H3,(H2,28,29,30,31). The van der Waals surface area contributed by atoms with Gasteiger partial charge in [-0.2, -0.15) is 10.1 Å². The molecule has 3 aliphatic rings. The monoisotopic (exact) mass is 506 g/mol. The largest absolute Gasteiger partial charge is 0.444 e. The van der Waals surface area contributed by atoms with Crippen molar-refractivity contribution in [2.75, 3.05) is 17.2 Å². The summed E-state index contributed by atoms with van der Waals surface area (Å²) >= 11 is 0. The molecule has 4 heterocycles. The molecular weight excluding hydrogens is 472 g/mol. The van der Waals surface area contributed by atoms with E-state index < -0.39 is 5.60 Å². The fraction of sp³-hybridized carbons (Fsp3) is 0.577. The molecule has 2 N–H and O–H groups in total. The molecule has 3 aromatic rings. The van der Waals surface area contributed by atoms with Gasteiger partial charge in [0, 0.05) is 43.5 Å². The minimum atomic E-state index is -0.496. The van der Waals surface area contributed by atoms with Gasteiger partial charge in [-0.05, 0) is 59.4 Å². The Hall–Kier alpha value is -3.63. The Morgan fingerprint density at radius 2 is 2.00 bits per heavy atom. The molecule has 3 aromatic heterocycles. The maximum absolute atomic E-state index is 12.8. The van der Waals surface area contributed by atoms with Crippen molar-refractivity contribution in [2.45, 2.75) is 76.6 Å². The number of aryl methyl sites for hydroxylation is 1. The van der Waals surface area contributed by atoms with Gasteiger partial charge in [0.2, 0.25) is 5.95 Å². The van der Waals surface area contributed by atoms with E-state index in [-0.39, 0.29) is 29.3 Å². The summed E-state index contributed by atoms with van der Waals surface area (Å²) in [5.74, 6) is 1.31. The zero-order chi connectivity index (χ0) is 26.1. The third-order valence-corrected chi connectivity index (χ3v) is 7.68. The maximum atomic E-state index is 12.8. The minimum Gasteiger partial charge on any atom is -0.444 e. The van der Waals surface area contributed by atoms with Crippen LogP contribution in [-0.4, -0.2) is 59.0 Å². The summed E-state index contributed by atoms with van der Waals surface area (Å²) in [6.07, 6.45) is 9.12. The van der Waals surface area contributed by atoms with E-state index in [2.05, 4.69) is 32.6 Å². The first-order valence-electron chi connectivity index (χ1n) is 12.9. The molecule has 0 radical (unpaired) electrons. The summed E-state index contributed by atoms with van der Waals surface area (Å²) in [4.78, 5) is 36.6. The fourth-order valence-electron chi connectivity index (χ4n) is 5.49. The Balaban J connectivity index is 1.20. The average molecular weight is 507 g/mol. The highest BCUT2D eigenvalue weighted by atomic mass is 16.6. The summed E-state index contributed by atoms with van der Waals surface area (Å²) < 4.78 is 9.12. The van der Waals surface area contributed by atoms with Gasteiger partial charge in [0.05, 0.1) is 23.4 Å². The molecule has 3 fully saturated rings. The predicted molar refractivity (Wildman–Crippen MR) is 140 cm³/mol. The lowest BCUT2D eigenvalue weighted by Gasteiger charge is -2.33. The van der Waals surface area contributed by atoms with E-state index in [0.29, 0.717) is 35.1 Å². The zero-order valence-corrected chi connectivity index (χ0v) is 22.0. The van der Waals surface area contributed by atoms with Crippen LogP contribution < -0.4 is 16.2 Å². The quantitative estimate of drug-likeness (QED) is 0.536. The number of amides is 1. The lowest BCUT2D eigenvalue weighted by molar-refractivity contribution is 0.0162. The zero-order valence-electron chi connectivity index (χ0n) is 22.0. The number of carbonyl (C=O) groups is 1. The van der Waals surface area contributed by atoms with Crippen molar-refractivity contribution in [1.82, 2.24) is 29.2 Å². The topological polar surface area (TPSA) is 119 Å². The van der Waals surface area contributed by atoms with Crippen LogP contribution in [0.4, 0.5) is 22.2 Å². The molecule has 1 saturated heterocycles. The molecule has 2 saturated carbocycles. The molecule has 196 valence electrons. The lowest BCUT2D eigenvalue weighted by Crippen LogP contribution is -2.43. The second-order valence-corrected chi connectivity index (χ2v) is 12.0. The Labute approximate surface area is 215 Å². The third kappa shape index (κ3) is 4.51. The van der Waals surface area contributed by atoms with Crippen LogP contribution in [0.25, 0.3) is 10.9 Å². The van der Waals surface area contributed by atoms with E-state index in [9.17, 15) is 9.59 Å². The van der Waals surface area contributed by atoms with Gasteiger partial charge in [0.25, 0.3) is 5.56 Å². The van der Waals surface area contributed by atoms with Gasteiger partial charge >= 0.3 is 6.09 Å². The van der Waals surface area contributed by atoms with E-state index in [0.717, 1.165) is 31.4 Å². The molecule has 3 unspecified atom stereocenters. The third-order valence-electron chi connectivity index (χ3n) is 7.68. The van der Waals surface area contributed by atoms with Gasteiger partial charge in [0.1, 0.15) is 16.8 Å². The van der Waals surface area contributed by atoms with E-state index in [1.54, 1.807) is 24.0 Å². The predicted octanol–water partition coefficient (Wildman–Crippen LogP) is 3.80. The smallest absolute Gasteiger partial charge is 0.410 e. The van der Waals surface area contributed by atoms with E-state index >= 15 is 0 Å². The van der Waals surface area contributed by atoms with Gasteiger partial charge in [-0.3, -0.25) is 9.48 Å². The number of piperidine rings is 1. The van der Waals surface area contributed by atoms with Crippen LogP contribution in [0.15, 0.2) is 29.5 Å². The van der Waals surface area contributed by atoms with Crippen LogP contribution in [0.3, 0.4) is 0 Å². The van der Waals surface area contributed by atoms with Gasteiger partial charge in [-0.1, -0.05) is 0 Å². The molecule has 0 aromatic carbocycles. The molecule has 2 bridgehead atoms. The molecule has 37 heavy (non-hydrogen) atoms. The van der Waals surface area contributed by atoms with Crippen molar-refractivity contribution in [3.05, 3.63) is 35.0 Å². The van der Waals surface area contributed by atoms with E-state index in [4.69, 9.17) is 4.74 Å². The van der Waals surface area contributed by atoms with Crippen molar-refractivity contribution in [3.8, 4) is 0 Å². The van der Waals surface area contributed by atoms with Crippen molar-refractivity contribution in [2.24, 2.45) is 13.0 Å². The minimum absolute atomic E-state index is 0.0424. The number of hydrogen-bond acceptors (Lipinski definition) is 8. The Bertz CT molecular complexity index is 1430. The number of fused-ring (bicyclic) bond motifs is 3. The molecule has 0 spiro atoms. The number of aromatic nitrogens is 5. The van der Waals surface area contributed by atoms with Gasteiger partial charge in [0.15, 0.2) is 0 Å². The summed E-state index contributed by atoms with van der Waals surface area (Å²) in [7, 11) is 1.73. The first-order chi connectivity index (χ1) is 17.5. The van der Waals surface area contributed by atoms with Crippen molar-refractivity contribution in [3.63, 3.8) is 0 Å². The SMILES string of the molecule is Cn1ccc2nc(Nc3cnn(C4CC5CC4CN5C(=O)OC(C)(C)C)c3)nc(NC3(C)CC3)c2c1=O.